The number of amides is 1. The summed E-state index contributed by atoms with van der Waals surface area (Å²) in [6, 6.07) is 9.71. The molecule has 0 aliphatic carbocycles. The third kappa shape index (κ3) is 2.70. The first-order valence-corrected chi connectivity index (χ1v) is 4.85. The molecular formula is C11H15ClN2O. The summed E-state index contributed by atoms with van der Waals surface area (Å²) in [6.45, 7) is 1.47. The van der Waals surface area contributed by atoms with Crippen molar-refractivity contribution in [3.63, 3.8) is 0 Å². The van der Waals surface area contributed by atoms with Gasteiger partial charge in [-0.05, 0) is 12.0 Å². The van der Waals surface area contributed by atoms with E-state index < -0.39 is 0 Å². The molecule has 15 heavy (non-hydrogen) atoms. The highest BCUT2D eigenvalue weighted by atomic mass is 35.5. The molecule has 2 N–H and O–H groups in total. The van der Waals surface area contributed by atoms with E-state index in [-0.39, 0.29) is 24.4 Å². The Kier molecular flexibility index (Phi) is 4.12. The van der Waals surface area contributed by atoms with Crippen molar-refractivity contribution in [2.45, 2.75) is 19.0 Å². The van der Waals surface area contributed by atoms with E-state index in [4.69, 9.17) is 5.73 Å². The average Bonchev–Trinajstić information content (AvgIpc) is 2.52. The van der Waals surface area contributed by atoms with Crippen LogP contribution in [0.4, 0.5) is 0 Å². The van der Waals surface area contributed by atoms with E-state index in [2.05, 4.69) is 0 Å². The molecule has 0 unspecified atom stereocenters. The molecular weight excluding hydrogens is 212 g/mol. The largest absolute Gasteiger partial charge is 0.337 e. The number of carbonyl (C=O) groups excluding carboxylic acids is 1. The van der Waals surface area contributed by atoms with Crippen LogP contribution in [0.3, 0.4) is 0 Å². The van der Waals surface area contributed by atoms with Crippen molar-refractivity contribution in [3.05, 3.63) is 35.9 Å². The monoisotopic (exact) mass is 226 g/mol. The van der Waals surface area contributed by atoms with Crippen molar-refractivity contribution in [1.29, 1.82) is 0 Å². The molecule has 1 heterocycles. The first-order valence-electron chi connectivity index (χ1n) is 4.85. The van der Waals surface area contributed by atoms with Crippen LogP contribution in [0.15, 0.2) is 30.3 Å². The fourth-order valence-corrected chi connectivity index (χ4v) is 1.72. The van der Waals surface area contributed by atoms with Crippen LogP contribution in [0, 0.1) is 0 Å². The van der Waals surface area contributed by atoms with Gasteiger partial charge in [-0.3, -0.25) is 4.79 Å². The summed E-state index contributed by atoms with van der Waals surface area (Å²) < 4.78 is 0. The van der Waals surface area contributed by atoms with Crippen molar-refractivity contribution in [2.75, 3.05) is 6.54 Å². The van der Waals surface area contributed by atoms with E-state index in [9.17, 15) is 4.79 Å². The molecule has 1 atom stereocenters. The quantitative estimate of drug-likeness (QED) is 0.823. The van der Waals surface area contributed by atoms with Crippen LogP contribution in [0.25, 0.3) is 0 Å². The highest BCUT2D eigenvalue weighted by molar-refractivity contribution is 5.85. The van der Waals surface area contributed by atoms with Crippen molar-refractivity contribution >= 4 is 18.3 Å². The van der Waals surface area contributed by atoms with Gasteiger partial charge in [0.05, 0.1) is 6.04 Å². The molecule has 82 valence electrons. The molecule has 1 fully saturated rings. The van der Waals surface area contributed by atoms with Gasteiger partial charge in [0.25, 0.3) is 0 Å². The predicted molar refractivity (Wildman–Crippen MR) is 61.7 cm³/mol. The fraction of sp³-hybridized carbons (Fsp3) is 0.364. The molecule has 0 saturated carbocycles. The molecule has 1 amide bonds. The molecule has 0 aromatic heterocycles. The van der Waals surface area contributed by atoms with Crippen molar-refractivity contribution in [1.82, 2.24) is 4.90 Å². The van der Waals surface area contributed by atoms with Crippen molar-refractivity contribution in [3.8, 4) is 0 Å². The number of halogens is 1. The van der Waals surface area contributed by atoms with Crippen LogP contribution in [-0.2, 0) is 11.3 Å². The standard InChI is InChI=1S/C11H14N2O.ClH/c12-10-6-7-13(11(10)14)8-9-4-2-1-3-5-9;/h1-5,10H,6-8,12H2;1H/t10-;/m1./s1. The van der Waals surface area contributed by atoms with Gasteiger partial charge in [0.2, 0.25) is 5.91 Å². The topological polar surface area (TPSA) is 46.3 Å². The van der Waals surface area contributed by atoms with Gasteiger partial charge in [0.1, 0.15) is 0 Å². The molecule has 1 aliphatic heterocycles. The van der Waals surface area contributed by atoms with Gasteiger partial charge in [-0.1, -0.05) is 30.3 Å². The highest BCUT2D eigenvalue weighted by Crippen LogP contribution is 2.13. The second-order valence-electron chi connectivity index (χ2n) is 3.64. The lowest BCUT2D eigenvalue weighted by molar-refractivity contribution is -0.129. The zero-order valence-corrected chi connectivity index (χ0v) is 9.24. The second-order valence-corrected chi connectivity index (χ2v) is 3.64. The molecule has 0 radical (unpaired) electrons. The number of hydrogen-bond donors (Lipinski definition) is 1. The van der Waals surface area contributed by atoms with Crippen molar-refractivity contribution in [2.24, 2.45) is 5.73 Å². The third-order valence-electron chi connectivity index (χ3n) is 2.56. The van der Waals surface area contributed by atoms with Gasteiger partial charge >= 0.3 is 0 Å². The van der Waals surface area contributed by atoms with Gasteiger partial charge in [-0.2, -0.15) is 0 Å². The smallest absolute Gasteiger partial charge is 0.239 e. The molecule has 1 aromatic carbocycles. The predicted octanol–water partition coefficient (Wildman–Crippen LogP) is 1.17. The Morgan fingerprint density at radius 3 is 2.53 bits per heavy atom. The summed E-state index contributed by atoms with van der Waals surface area (Å²) in [7, 11) is 0. The van der Waals surface area contributed by atoms with E-state index in [0.717, 1.165) is 18.5 Å². The minimum absolute atomic E-state index is 0. The number of nitrogens with two attached hydrogens (primary N) is 1. The van der Waals surface area contributed by atoms with Gasteiger partial charge < -0.3 is 10.6 Å². The van der Waals surface area contributed by atoms with Gasteiger partial charge in [-0.15, -0.1) is 12.4 Å². The summed E-state index contributed by atoms with van der Waals surface area (Å²) >= 11 is 0. The first kappa shape index (κ1) is 12.0. The van der Waals surface area contributed by atoms with Crippen LogP contribution < -0.4 is 5.73 Å². The Bertz CT molecular complexity index is 329. The van der Waals surface area contributed by atoms with Crippen LogP contribution in [0.2, 0.25) is 0 Å². The Labute approximate surface area is 95.7 Å². The second kappa shape index (κ2) is 5.14. The number of rotatable bonds is 2. The Hall–Kier alpha value is -1.06. The van der Waals surface area contributed by atoms with Gasteiger partial charge in [-0.25, -0.2) is 0 Å². The lowest BCUT2D eigenvalue weighted by Gasteiger charge is -2.15. The number of nitrogens with zero attached hydrogens (tertiary/aromatic N) is 1. The third-order valence-corrected chi connectivity index (χ3v) is 2.56. The molecule has 0 bridgehead atoms. The normalized spacial score (nSPS) is 20.2. The SMILES string of the molecule is Cl.N[C@@H]1CCN(Cc2ccccc2)C1=O. The minimum atomic E-state index is -0.279. The molecule has 3 nitrogen and oxygen atoms in total. The van der Waals surface area contributed by atoms with Crippen LogP contribution in [0.1, 0.15) is 12.0 Å². The van der Waals surface area contributed by atoms with E-state index in [1.165, 1.54) is 0 Å². The molecule has 1 aromatic rings. The number of carbonyl (C=O) groups is 1. The molecule has 4 heteroatoms. The van der Waals surface area contributed by atoms with Crippen molar-refractivity contribution < 1.29 is 4.79 Å². The fourth-order valence-electron chi connectivity index (χ4n) is 1.72. The number of likely N-dealkylation sites (tertiary alicyclic amines) is 1. The average molecular weight is 227 g/mol. The van der Waals surface area contributed by atoms with Crippen LogP contribution in [-0.4, -0.2) is 23.4 Å². The Balaban J connectivity index is 0.00000112. The van der Waals surface area contributed by atoms with E-state index in [0.29, 0.717) is 6.54 Å². The lowest BCUT2D eigenvalue weighted by atomic mass is 10.2. The summed E-state index contributed by atoms with van der Waals surface area (Å²) in [5.41, 5.74) is 6.79. The maximum Gasteiger partial charge on any atom is 0.239 e. The number of hydrogen-bond acceptors (Lipinski definition) is 2. The minimum Gasteiger partial charge on any atom is -0.337 e. The Morgan fingerprint density at radius 1 is 1.33 bits per heavy atom. The summed E-state index contributed by atoms with van der Waals surface area (Å²) in [5, 5.41) is 0. The van der Waals surface area contributed by atoms with Gasteiger partial charge in [0.15, 0.2) is 0 Å². The zero-order chi connectivity index (χ0) is 9.97. The van der Waals surface area contributed by atoms with E-state index in [1.807, 2.05) is 35.2 Å². The molecule has 0 spiro atoms. The highest BCUT2D eigenvalue weighted by Gasteiger charge is 2.27. The number of benzene rings is 1. The molecule has 1 aliphatic rings. The molecule has 2 rings (SSSR count). The molecule has 1 saturated heterocycles. The van der Waals surface area contributed by atoms with Crippen LogP contribution in [0.5, 0.6) is 0 Å². The summed E-state index contributed by atoms with van der Waals surface area (Å²) in [4.78, 5) is 13.3. The maximum absolute atomic E-state index is 11.5. The maximum atomic E-state index is 11.5. The first-order chi connectivity index (χ1) is 6.77. The van der Waals surface area contributed by atoms with E-state index in [1.54, 1.807) is 0 Å². The van der Waals surface area contributed by atoms with E-state index >= 15 is 0 Å². The van der Waals surface area contributed by atoms with Gasteiger partial charge in [0, 0.05) is 13.1 Å². The Morgan fingerprint density at radius 2 is 2.00 bits per heavy atom. The summed E-state index contributed by atoms with van der Waals surface area (Å²) in [5.74, 6) is 0.0776. The zero-order valence-electron chi connectivity index (χ0n) is 8.43. The van der Waals surface area contributed by atoms with Crippen LogP contribution >= 0.6 is 12.4 Å². The lowest BCUT2D eigenvalue weighted by Crippen LogP contribution is -2.33. The summed E-state index contributed by atoms with van der Waals surface area (Å²) in [6.07, 6.45) is 0.783.